The molecule has 3 nitrogen and oxygen atoms in total. The zero-order chi connectivity index (χ0) is 11.1. The topological polar surface area (TPSA) is 44.5 Å². The van der Waals surface area contributed by atoms with Gasteiger partial charge >= 0.3 is 0 Å². The molecular formula is C13H18ClNO2. The van der Waals surface area contributed by atoms with Crippen molar-refractivity contribution >= 4 is 12.4 Å². The van der Waals surface area contributed by atoms with Crippen LogP contribution < -0.4 is 10.5 Å². The summed E-state index contributed by atoms with van der Waals surface area (Å²) in [6, 6.07) is 4.13. The number of benzene rings is 1. The summed E-state index contributed by atoms with van der Waals surface area (Å²) in [5, 5.41) is 0. The highest BCUT2D eigenvalue weighted by Gasteiger charge is 2.29. The number of hydrogen-bond donors (Lipinski definition) is 1. The van der Waals surface area contributed by atoms with Gasteiger partial charge in [0.2, 0.25) is 0 Å². The van der Waals surface area contributed by atoms with Crippen LogP contribution in [0.5, 0.6) is 5.75 Å². The van der Waals surface area contributed by atoms with Gasteiger partial charge in [0.05, 0.1) is 25.4 Å². The summed E-state index contributed by atoms with van der Waals surface area (Å²) in [5.41, 5.74) is 10.1. The van der Waals surface area contributed by atoms with Crippen LogP contribution in [0.1, 0.15) is 36.1 Å². The molecule has 0 spiro atoms. The van der Waals surface area contributed by atoms with E-state index in [0.29, 0.717) is 6.61 Å². The first-order chi connectivity index (χ1) is 7.77. The van der Waals surface area contributed by atoms with Gasteiger partial charge in [0.15, 0.2) is 0 Å². The van der Waals surface area contributed by atoms with Crippen molar-refractivity contribution in [2.24, 2.45) is 5.73 Å². The average Bonchev–Trinajstić information content (AvgIpc) is 2.33. The van der Waals surface area contributed by atoms with Gasteiger partial charge < -0.3 is 15.2 Å². The minimum Gasteiger partial charge on any atom is -0.493 e. The van der Waals surface area contributed by atoms with Crippen LogP contribution in [0.2, 0.25) is 0 Å². The third-order valence-electron chi connectivity index (χ3n) is 3.57. The second-order valence-electron chi connectivity index (χ2n) is 4.61. The molecular weight excluding hydrogens is 238 g/mol. The molecule has 4 heteroatoms. The van der Waals surface area contributed by atoms with Gasteiger partial charge in [-0.3, -0.25) is 0 Å². The van der Waals surface area contributed by atoms with E-state index in [9.17, 15) is 0 Å². The lowest BCUT2D eigenvalue weighted by molar-refractivity contribution is 0.0207. The van der Waals surface area contributed by atoms with E-state index in [2.05, 4.69) is 12.1 Å². The van der Waals surface area contributed by atoms with E-state index < -0.39 is 0 Å². The molecule has 2 aliphatic rings. The Balaban J connectivity index is 0.00000108. The zero-order valence-corrected chi connectivity index (χ0v) is 10.8. The molecule has 3 rings (SSSR count). The standard InChI is InChI=1S/C13H17NO2.ClH/c1-8-13(14)12-9(7-16-8)4-5-11-10(12)3-2-6-15-11;/h4-5,8,13H,2-3,6-7,14H2,1H3;1H/t8-,13+;/m0./s1. The Morgan fingerprint density at radius 2 is 2.18 bits per heavy atom. The minimum atomic E-state index is -0.0135. The third kappa shape index (κ3) is 2.03. The molecule has 1 aromatic carbocycles. The van der Waals surface area contributed by atoms with Crippen LogP contribution in [0.4, 0.5) is 0 Å². The Kier molecular flexibility index (Phi) is 3.61. The van der Waals surface area contributed by atoms with Crippen molar-refractivity contribution in [3.63, 3.8) is 0 Å². The van der Waals surface area contributed by atoms with Gasteiger partial charge in [-0.15, -0.1) is 12.4 Å². The Labute approximate surface area is 108 Å². The second-order valence-corrected chi connectivity index (χ2v) is 4.61. The fourth-order valence-electron chi connectivity index (χ4n) is 2.62. The van der Waals surface area contributed by atoms with Crippen molar-refractivity contribution in [1.29, 1.82) is 0 Å². The van der Waals surface area contributed by atoms with Crippen molar-refractivity contribution in [3.8, 4) is 5.75 Å². The van der Waals surface area contributed by atoms with E-state index in [1.54, 1.807) is 0 Å². The summed E-state index contributed by atoms with van der Waals surface area (Å²) < 4.78 is 11.3. The normalized spacial score (nSPS) is 26.2. The molecule has 94 valence electrons. The number of nitrogens with two attached hydrogens (primary N) is 1. The maximum atomic E-state index is 6.23. The molecule has 0 bridgehead atoms. The molecule has 0 unspecified atom stereocenters. The first-order valence-corrected chi connectivity index (χ1v) is 5.92. The van der Waals surface area contributed by atoms with Gasteiger partial charge in [-0.2, -0.15) is 0 Å². The number of fused-ring (bicyclic) bond motifs is 3. The maximum Gasteiger partial charge on any atom is 0.122 e. The van der Waals surface area contributed by atoms with Gasteiger partial charge in [-0.05, 0) is 42.5 Å². The van der Waals surface area contributed by atoms with Crippen molar-refractivity contribution in [2.45, 2.75) is 38.5 Å². The molecule has 0 saturated heterocycles. The third-order valence-corrected chi connectivity index (χ3v) is 3.57. The molecule has 0 saturated carbocycles. The lowest BCUT2D eigenvalue weighted by Gasteiger charge is -2.33. The summed E-state index contributed by atoms with van der Waals surface area (Å²) in [4.78, 5) is 0. The van der Waals surface area contributed by atoms with Gasteiger partial charge in [-0.1, -0.05) is 6.07 Å². The Bertz CT molecular complexity index is 422. The number of halogens is 1. The van der Waals surface area contributed by atoms with E-state index in [1.165, 1.54) is 16.7 Å². The Morgan fingerprint density at radius 3 is 3.00 bits per heavy atom. The molecule has 1 aromatic rings. The monoisotopic (exact) mass is 255 g/mol. The van der Waals surface area contributed by atoms with Crippen LogP contribution in [0.15, 0.2) is 12.1 Å². The lowest BCUT2D eigenvalue weighted by atomic mass is 9.87. The quantitative estimate of drug-likeness (QED) is 0.774. The van der Waals surface area contributed by atoms with Crippen molar-refractivity contribution in [2.75, 3.05) is 6.61 Å². The second kappa shape index (κ2) is 4.84. The first kappa shape index (κ1) is 12.7. The summed E-state index contributed by atoms with van der Waals surface area (Å²) >= 11 is 0. The van der Waals surface area contributed by atoms with Crippen LogP contribution in [0, 0.1) is 0 Å². The summed E-state index contributed by atoms with van der Waals surface area (Å²) in [6.45, 7) is 3.54. The molecule has 0 fully saturated rings. The van der Waals surface area contributed by atoms with Crippen LogP contribution in [0.25, 0.3) is 0 Å². The highest BCUT2D eigenvalue weighted by atomic mass is 35.5. The van der Waals surface area contributed by atoms with E-state index >= 15 is 0 Å². The summed E-state index contributed by atoms with van der Waals surface area (Å²) in [6.07, 6.45) is 2.27. The maximum absolute atomic E-state index is 6.23. The van der Waals surface area contributed by atoms with Gasteiger partial charge in [0, 0.05) is 0 Å². The van der Waals surface area contributed by atoms with Gasteiger partial charge in [0.25, 0.3) is 0 Å². The highest BCUT2D eigenvalue weighted by molar-refractivity contribution is 5.85. The zero-order valence-electron chi connectivity index (χ0n) is 9.94. The molecule has 2 aliphatic heterocycles. The minimum absolute atomic E-state index is 0. The molecule has 0 amide bonds. The lowest BCUT2D eigenvalue weighted by Crippen LogP contribution is -2.33. The molecule has 17 heavy (non-hydrogen) atoms. The molecule has 2 heterocycles. The average molecular weight is 256 g/mol. The predicted molar refractivity (Wildman–Crippen MR) is 68.7 cm³/mol. The van der Waals surface area contributed by atoms with Crippen LogP contribution in [-0.4, -0.2) is 12.7 Å². The predicted octanol–water partition coefficient (Wildman–Crippen LogP) is 2.35. The smallest absolute Gasteiger partial charge is 0.122 e. The van der Waals surface area contributed by atoms with Crippen molar-refractivity contribution in [3.05, 3.63) is 28.8 Å². The van der Waals surface area contributed by atoms with Crippen LogP contribution in [0.3, 0.4) is 0 Å². The summed E-state index contributed by atoms with van der Waals surface area (Å²) in [7, 11) is 0. The molecule has 0 aromatic heterocycles. The number of rotatable bonds is 0. The van der Waals surface area contributed by atoms with Gasteiger partial charge in [-0.25, -0.2) is 0 Å². The number of hydrogen-bond acceptors (Lipinski definition) is 3. The highest BCUT2D eigenvalue weighted by Crippen LogP contribution is 2.37. The molecule has 0 aliphatic carbocycles. The van der Waals surface area contributed by atoms with Crippen molar-refractivity contribution < 1.29 is 9.47 Å². The molecule has 2 N–H and O–H groups in total. The Morgan fingerprint density at radius 1 is 1.35 bits per heavy atom. The SMILES string of the molecule is C[C@@H]1OCc2ccc3c(c2[C@@H]1N)CCCO3.Cl. The van der Waals surface area contributed by atoms with E-state index in [0.717, 1.165) is 25.2 Å². The molecule has 0 radical (unpaired) electrons. The van der Waals surface area contributed by atoms with Crippen molar-refractivity contribution in [1.82, 2.24) is 0 Å². The van der Waals surface area contributed by atoms with E-state index in [-0.39, 0.29) is 24.6 Å². The molecule has 2 atom stereocenters. The summed E-state index contributed by atoms with van der Waals surface area (Å²) in [5.74, 6) is 1.02. The Hall–Kier alpha value is -0.770. The van der Waals surface area contributed by atoms with E-state index in [1.807, 2.05) is 6.92 Å². The first-order valence-electron chi connectivity index (χ1n) is 5.92. The number of ether oxygens (including phenoxy) is 2. The van der Waals surface area contributed by atoms with Crippen LogP contribution >= 0.6 is 12.4 Å². The van der Waals surface area contributed by atoms with E-state index in [4.69, 9.17) is 15.2 Å². The van der Waals surface area contributed by atoms with Crippen LogP contribution in [-0.2, 0) is 17.8 Å². The fourth-order valence-corrected chi connectivity index (χ4v) is 2.62. The largest absolute Gasteiger partial charge is 0.493 e. The van der Waals surface area contributed by atoms with Gasteiger partial charge in [0.1, 0.15) is 5.75 Å². The fraction of sp³-hybridized carbons (Fsp3) is 0.538.